The van der Waals surface area contributed by atoms with Crippen molar-refractivity contribution in [3.63, 3.8) is 0 Å². The standard InChI is InChI=1S/C14H16FN3O2/c1-14(2,3)13(19)16-8-11-17-12(20-18-11)9-4-6-10(15)7-5-9/h4-7H,8H2,1-3H3,(H,16,19). The van der Waals surface area contributed by atoms with Gasteiger partial charge in [0.1, 0.15) is 5.82 Å². The molecule has 0 radical (unpaired) electrons. The minimum Gasteiger partial charge on any atom is -0.348 e. The van der Waals surface area contributed by atoms with Crippen LogP contribution in [0.15, 0.2) is 28.8 Å². The first-order valence-electron chi connectivity index (χ1n) is 6.23. The summed E-state index contributed by atoms with van der Waals surface area (Å²) in [5, 5.41) is 6.50. The molecule has 0 atom stereocenters. The van der Waals surface area contributed by atoms with Gasteiger partial charge in [-0.1, -0.05) is 25.9 Å². The van der Waals surface area contributed by atoms with Gasteiger partial charge in [0.2, 0.25) is 5.91 Å². The average molecular weight is 277 g/mol. The third kappa shape index (κ3) is 3.40. The van der Waals surface area contributed by atoms with Crippen LogP contribution in [0.1, 0.15) is 26.6 Å². The minimum absolute atomic E-state index is 0.0920. The molecule has 0 unspecified atom stereocenters. The number of carbonyl (C=O) groups excluding carboxylic acids is 1. The van der Waals surface area contributed by atoms with Crippen LogP contribution in [-0.2, 0) is 11.3 Å². The molecule has 0 aliphatic carbocycles. The Morgan fingerprint density at radius 1 is 1.30 bits per heavy atom. The van der Waals surface area contributed by atoms with Crippen molar-refractivity contribution in [3.8, 4) is 11.5 Å². The maximum Gasteiger partial charge on any atom is 0.257 e. The van der Waals surface area contributed by atoms with E-state index >= 15 is 0 Å². The molecule has 1 amide bonds. The molecular formula is C14H16FN3O2. The zero-order valence-electron chi connectivity index (χ0n) is 11.6. The predicted molar refractivity (Wildman–Crippen MR) is 71.0 cm³/mol. The Labute approximate surface area is 116 Å². The number of nitrogens with zero attached hydrogens (tertiary/aromatic N) is 2. The summed E-state index contributed by atoms with van der Waals surface area (Å²) >= 11 is 0. The van der Waals surface area contributed by atoms with Crippen molar-refractivity contribution >= 4 is 5.91 Å². The molecule has 5 nitrogen and oxygen atoms in total. The molecule has 1 aromatic heterocycles. The Kier molecular flexibility index (Phi) is 3.83. The number of halogens is 1. The number of aromatic nitrogens is 2. The van der Waals surface area contributed by atoms with Gasteiger partial charge in [-0.15, -0.1) is 0 Å². The molecule has 0 saturated heterocycles. The van der Waals surface area contributed by atoms with Crippen LogP contribution in [-0.4, -0.2) is 16.0 Å². The summed E-state index contributed by atoms with van der Waals surface area (Å²) < 4.78 is 17.9. The Balaban J connectivity index is 2.03. The molecule has 0 aliphatic rings. The lowest BCUT2D eigenvalue weighted by Crippen LogP contribution is -2.34. The summed E-state index contributed by atoms with van der Waals surface area (Å²) in [4.78, 5) is 15.9. The number of hydrogen-bond acceptors (Lipinski definition) is 4. The molecule has 1 N–H and O–H groups in total. The third-order valence-electron chi connectivity index (χ3n) is 2.65. The Hall–Kier alpha value is -2.24. The number of carbonyl (C=O) groups is 1. The van der Waals surface area contributed by atoms with Crippen LogP contribution in [0.5, 0.6) is 0 Å². The largest absolute Gasteiger partial charge is 0.348 e. The SMILES string of the molecule is CC(C)(C)C(=O)NCc1noc(-c2ccc(F)cc2)n1. The fraction of sp³-hybridized carbons (Fsp3) is 0.357. The van der Waals surface area contributed by atoms with E-state index in [-0.39, 0.29) is 18.3 Å². The number of hydrogen-bond donors (Lipinski definition) is 1. The molecule has 1 aromatic carbocycles. The molecule has 20 heavy (non-hydrogen) atoms. The van der Waals surface area contributed by atoms with Gasteiger partial charge in [0.25, 0.3) is 5.89 Å². The van der Waals surface area contributed by atoms with Gasteiger partial charge in [-0.2, -0.15) is 4.98 Å². The maximum absolute atomic E-state index is 12.8. The topological polar surface area (TPSA) is 68.0 Å². The number of rotatable bonds is 3. The summed E-state index contributed by atoms with van der Waals surface area (Å²) in [5.74, 6) is 0.253. The first kappa shape index (κ1) is 14.2. The van der Waals surface area contributed by atoms with Crippen LogP contribution in [0, 0.1) is 11.2 Å². The smallest absolute Gasteiger partial charge is 0.257 e. The van der Waals surface area contributed by atoms with Crippen molar-refractivity contribution in [1.82, 2.24) is 15.5 Å². The average Bonchev–Trinajstić information content (AvgIpc) is 2.84. The van der Waals surface area contributed by atoms with Crippen LogP contribution in [0.4, 0.5) is 4.39 Å². The lowest BCUT2D eigenvalue weighted by atomic mass is 9.96. The van der Waals surface area contributed by atoms with E-state index < -0.39 is 5.41 Å². The highest BCUT2D eigenvalue weighted by Gasteiger charge is 2.21. The van der Waals surface area contributed by atoms with E-state index in [9.17, 15) is 9.18 Å². The van der Waals surface area contributed by atoms with Crippen molar-refractivity contribution in [1.29, 1.82) is 0 Å². The van der Waals surface area contributed by atoms with E-state index in [1.807, 2.05) is 20.8 Å². The maximum atomic E-state index is 12.8. The lowest BCUT2D eigenvalue weighted by Gasteiger charge is -2.16. The molecule has 2 aromatic rings. The monoisotopic (exact) mass is 277 g/mol. The molecule has 0 spiro atoms. The highest BCUT2D eigenvalue weighted by atomic mass is 19.1. The van der Waals surface area contributed by atoms with E-state index in [0.717, 1.165) is 0 Å². The molecule has 6 heteroatoms. The minimum atomic E-state index is -0.469. The predicted octanol–water partition coefficient (Wildman–Crippen LogP) is 2.54. The highest BCUT2D eigenvalue weighted by Crippen LogP contribution is 2.17. The summed E-state index contributed by atoms with van der Waals surface area (Å²) in [6.07, 6.45) is 0. The number of amides is 1. The van der Waals surface area contributed by atoms with Gasteiger partial charge in [-0.3, -0.25) is 4.79 Å². The fourth-order valence-electron chi connectivity index (χ4n) is 1.46. The second-order valence-electron chi connectivity index (χ2n) is 5.46. The first-order valence-corrected chi connectivity index (χ1v) is 6.23. The van der Waals surface area contributed by atoms with Crippen molar-refractivity contribution in [2.24, 2.45) is 5.41 Å². The second kappa shape index (κ2) is 5.40. The van der Waals surface area contributed by atoms with Crippen LogP contribution in [0.25, 0.3) is 11.5 Å². The summed E-state index contributed by atoms with van der Waals surface area (Å²) in [6, 6.07) is 5.75. The van der Waals surface area contributed by atoms with Gasteiger partial charge in [0.15, 0.2) is 5.82 Å². The van der Waals surface area contributed by atoms with Crippen LogP contribution < -0.4 is 5.32 Å². The third-order valence-corrected chi connectivity index (χ3v) is 2.65. The Bertz CT molecular complexity index is 600. The molecular weight excluding hydrogens is 261 g/mol. The lowest BCUT2D eigenvalue weighted by molar-refractivity contribution is -0.128. The van der Waals surface area contributed by atoms with Crippen LogP contribution in [0.3, 0.4) is 0 Å². The van der Waals surface area contributed by atoms with Gasteiger partial charge in [0, 0.05) is 11.0 Å². The summed E-state index contributed by atoms with van der Waals surface area (Å²) in [7, 11) is 0. The second-order valence-corrected chi connectivity index (χ2v) is 5.46. The van der Waals surface area contributed by atoms with Crippen molar-refractivity contribution in [2.45, 2.75) is 27.3 Å². The van der Waals surface area contributed by atoms with Crippen molar-refractivity contribution in [3.05, 3.63) is 35.9 Å². The Morgan fingerprint density at radius 3 is 2.55 bits per heavy atom. The zero-order valence-corrected chi connectivity index (χ0v) is 11.6. The molecule has 1 heterocycles. The van der Waals surface area contributed by atoms with Gasteiger partial charge in [-0.05, 0) is 24.3 Å². The highest BCUT2D eigenvalue weighted by molar-refractivity contribution is 5.81. The molecule has 0 fully saturated rings. The van der Waals surface area contributed by atoms with E-state index in [4.69, 9.17) is 4.52 Å². The van der Waals surface area contributed by atoms with Crippen molar-refractivity contribution < 1.29 is 13.7 Å². The summed E-state index contributed by atoms with van der Waals surface area (Å²) in [6.45, 7) is 5.66. The number of benzene rings is 1. The molecule has 0 saturated carbocycles. The van der Waals surface area contributed by atoms with E-state index in [1.54, 1.807) is 12.1 Å². The van der Waals surface area contributed by atoms with Gasteiger partial charge in [0.05, 0.1) is 6.54 Å². The van der Waals surface area contributed by atoms with Gasteiger partial charge >= 0.3 is 0 Å². The van der Waals surface area contributed by atoms with E-state index in [2.05, 4.69) is 15.5 Å². The molecule has 0 aliphatic heterocycles. The van der Waals surface area contributed by atoms with Gasteiger partial charge < -0.3 is 9.84 Å². The van der Waals surface area contributed by atoms with Crippen molar-refractivity contribution in [2.75, 3.05) is 0 Å². The molecule has 106 valence electrons. The normalized spacial score (nSPS) is 11.4. The summed E-state index contributed by atoms with van der Waals surface area (Å²) in [5.41, 5.74) is 0.163. The zero-order chi connectivity index (χ0) is 14.8. The molecule has 2 rings (SSSR count). The van der Waals surface area contributed by atoms with E-state index in [0.29, 0.717) is 17.3 Å². The quantitative estimate of drug-likeness (QED) is 0.936. The first-order chi connectivity index (χ1) is 9.36. The van der Waals surface area contributed by atoms with Crippen LogP contribution >= 0.6 is 0 Å². The Morgan fingerprint density at radius 2 is 1.95 bits per heavy atom. The fourth-order valence-corrected chi connectivity index (χ4v) is 1.46. The number of nitrogens with one attached hydrogen (secondary N) is 1. The van der Waals surface area contributed by atoms with Crippen LogP contribution in [0.2, 0.25) is 0 Å². The molecule has 0 bridgehead atoms. The van der Waals surface area contributed by atoms with Gasteiger partial charge in [-0.25, -0.2) is 4.39 Å². The van der Waals surface area contributed by atoms with E-state index in [1.165, 1.54) is 12.1 Å².